The molecule has 0 aliphatic carbocycles. The van der Waals surface area contributed by atoms with E-state index in [1.54, 1.807) is 6.07 Å². The highest BCUT2D eigenvalue weighted by atomic mass is 16.5. The second-order valence-corrected chi connectivity index (χ2v) is 4.70. The van der Waals surface area contributed by atoms with Crippen LogP contribution < -0.4 is 5.32 Å². The normalized spacial score (nSPS) is 10.3. The Kier molecular flexibility index (Phi) is 4.45. The molecule has 1 aromatic carbocycles. The highest BCUT2D eigenvalue weighted by Gasteiger charge is 2.08. The summed E-state index contributed by atoms with van der Waals surface area (Å²) < 4.78 is 4.68. The molecular formula is C16H20N2O2. The van der Waals surface area contributed by atoms with Crippen LogP contribution in [-0.2, 0) is 17.7 Å². The molecule has 0 aliphatic rings. The van der Waals surface area contributed by atoms with Crippen LogP contribution in [0.3, 0.4) is 0 Å². The van der Waals surface area contributed by atoms with Crippen molar-refractivity contribution >= 4 is 11.7 Å². The minimum absolute atomic E-state index is 0.346. The Labute approximate surface area is 119 Å². The van der Waals surface area contributed by atoms with Crippen LogP contribution in [0.2, 0.25) is 0 Å². The van der Waals surface area contributed by atoms with E-state index in [1.807, 2.05) is 6.07 Å². The molecule has 0 unspecified atom stereocenters. The second-order valence-electron chi connectivity index (χ2n) is 4.70. The van der Waals surface area contributed by atoms with Gasteiger partial charge in [-0.1, -0.05) is 25.1 Å². The maximum absolute atomic E-state index is 11.4. The number of hydrogen-bond donors (Lipinski definition) is 2. The number of methoxy groups -OCH3 is 1. The Morgan fingerprint density at radius 3 is 2.80 bits per heavy atom. The molecule has 0 saturated heterocycles. The molecule has 0 atom stereocenters. The Hall–Kier alpha value is -2.23. The average molecular weight is 272 g/mol. The van der Waals surface area contributed by atoms with E-state index in [-0.39, 0.29) is 5.97 Å². The first kappa shape index (κ1) is 14.2. The molecule has 0 bridgehead atoms. The van der Waals surface area contributed by atoms with Gasteiger partial charge in [0.2, 0.25) is 0 Å². The third-order valence-corrected chi connectivity index (χ3v) is 3.35. The lowest BCUT2D eigenvalue weighted by molar-refractivity contribution is 0.0594. The van der Waals surface area contributed by atoms with Crippen LogP contribution in [0, 0.1) is 6.92 Å². The van der Waals surface area contributed by atoms with E-state index in [9.17, 15) is 4.79 Å². The Morgan fingerprint density at radius 1 is 1.30 bits per heavy atom. The molecule has 0 amide bonds. The molecule has 0 radical (unpaired) electrons. The molecule has 20 heavy (non-hydrogen) atoms. The quantitative estimate of drug-likeness (QED) is 0.821. The van der Waals surface area contributed by atoms with Crippen molar-refractivity contribution in [3.8, 4) is 0 Å². The van der Waals surface area contributed by atoms with E-state index in [0.717, 1.165) is 12.1 Å². The zero-order chi connectivity index (χ0) is 14.5. The molecular weight excluding hydrogens is 252 g/mol. The van der Waals surface area contributed by atoms with E-state index in [2.05, 4.69) is 47.1 Å². The van der Waals surface area contributed by atoms with Gasteiger partial charge >= 0.3 is 5.97 Å². The number of ether oxygens (including phenoxy) is 1. The topological polar surface area (TPSA) is 54.1 Å². The highest BCUT2D eigenvalue weighted by Crippen LogP contribution is 2.21. The molecule has 2 N–H and O–H groups in total. The van der Waals surface area contributed by atoms with Crippen molar-refractivity contribution < 1.29 is 9.53 Å². The van der Waals surface area contributed by atoms with E-state index >= 15 is 0 Å². The van der Waals surface area contributed by atoms with Crippen LogP contribution >= 0.6 is 0 Å². The summed E-state index contributed by atoms with van der Waals surface area (Å²) in [4.78, 5) is 14.4. The Morgan fingerprint density at radius 2 is 2.10 bits per heavy atom. The molecule has 1 heterocycles. The summed E-state index contributed by atoms with van der Waals surface area (Å²) in [5, 5.41) is 3.44. The number of rotatable bonds is 5. The van der Waals surface area contributed by atoms with Crippen molar-refractivity contribution in [3.05, 3.63) is 52.8 Å². The number of nitrogens with one attached hydrogen (secondary N) is 2. The van der Waals surface area contributed by atoms with Crippen molar-refractivity contribution in [2.24, 2.45) is 0 Å². The summed E-state index contributed by atoms with van der Waals surface area (Å²) in [7, 11) is 1.38. The first-order chi connectivity index (χ1) is 9.65. The predicted octanol–water partition coefficient (Wildman–Crippen LogP) is 3.28. The molecule has 0 fully saturated rings. The van der Waals surface area contributed by atoms with Gasteiger partial charge in [0.25, 0.3) is 0 Å². The van der Waals surface area contributed by atoms with Gasteiger partial charge in [0.05, 0.1) is 13.7 Å². The summed E-state index contributed by atoms with van der Waals surface area (Å²) in [6.07, 6.45) is 0.988. The fourth-order valence-electron chi connectivity index (χ4n) is 2.23. The van der Waals surface area contributed by atoms with Crippen molar-refractivity contribution in [2.75, 3.05) is 12.4 Å². The fraction of sp³-hybridized carbons (Fsp3) is 0.312. The number of anilines is 1. The Bertz CT molecular complexity index is 602. The molecule has 0 spiro atoms. The summed E-state index contributed by atoms with van der Waals surface area (Å²) in [5.74, 6) is -0.346. The van der Waals surface area contributed by atoms with E-state index in [1.165, 1.54) is 23.9 Å². The predicted molar refractivity (Wildman–Crippen MR) is 80.0 cm³/mol. The lowest BCUT2D eigenvalue weighted by Gasteiger charge is -2.13. The van der Waals surface area contributed by atoms with Crippen molar-refractivity contribution in [2.45, 2.75) is 26.8 Å². The number of para-hydroxylation sites is 1. The van der Waals surface area contributed by atoms with Crippen LogP contribution in [0.15, 0.2) is 30.3 Å². The zero-order valence-electron chi connectivity index (χ0n) is 12.1. The van der Waals surface area contributed by atoms with E-state index in [0.29, 0.717) is 12.2 Å². The first-order valence-electron chi connectivity index (χ1n) is 6.74. The maximum Gasteiger partial charge on any atom is 0.354 e. The van der Waals surface area contributed by atoms with Gasteiger partial charge in [0.15, 0.2) is 0 Å². The molecule has 0 saturated carbocycles. The monoisotopic (exact) mass is 272 g/mol. The molecule has 2 rings (SSSR count). The van der Waals surface area contributed by atoms with Crippen molar-refractivity contribution in [1.82, 2.24) is 4.98 Å². The number of aryl methyl sites for hydroxylation is 2. The van der Waals surface area contributed by atoms with Gasteiger partial charge in [-0.15, -0.1) is 0 Å². The molecule has 4 heteroatoms. The van der Waals surface area contributed by atoms with Gasteiger partial charge in [0.1, 0.15) is 5.69 Å². The number of carbonyl (C=O) groups is 1. The smallest absolute Gasteiger partial charge is 0.354 e. The summed E-state index contributed by atoms with van der Waals surface area (Å²) in [6, 6.07) is 9.92. The number of aromatic amines is 1. The maximum atomic E-state index is 11.4. The molecule has 0 aliphatic heterocycles. The van der Waals surface area contributed by atoms with E-state index < -0.39 is 0 Å². The number of H-pyrrole nitrogens is 1. The minimum Gasteiger partial charge on any atom is -0.464 e. The highest BCUT2D eigenvalue weighted by molar-refractivity contribution is 5.87. The standard InChI is InChI=1S/C16H20N2O2/c1-4-12-7-5-6-11(2)15(12)17-10-13-8-9-14(18-13)16(19)20-3/h5-9,17-18H,4,10H2,1-3H3. The van der Waals surface area contributed by atoms with Crippen LogP contribution in [0.5, 0.6) is 0 Å². The summed E-state index contributed by atoms with van der Waals surface area (Å²) in [5.41, 5.74) is 5.12. The van der Waals surface area contributed by atoms with Crippen LogP contribution in [0.4, 0.5) is 5.69 Å². The second kappa shape index (κ2) is 6.28. The van der Waals surface area contributed by atoms with Gasteiger partial charge in [-0.05, 0) is 36.6 Å². The Balaban J connectivity index is 2.09. The van der Waals surface area contributed by atoms with Crippen molar-refractivity contribution in [1.29, 1.82) is 0 Å². The SMILES string of the molecule is CCc1cccc(C)c1NCc1ccc(C(=O)OC)[nH]1. The van der Waals surface area contributed by atoms with Crippen LogP contribution in [0.25, 0.3) is 0 Å². The zero-order valence-corrected chi connectivity index (χ0v) is 12.1. The summed E-state index contributed by atoms with van der Waals surface area (Å²) >= 11 is 0. The van der Waals surface area contributed by atoms with Gasteiger partial charge in [-0.2, -0.15) is 0 Å². The van der Waals surface area contributed by atoms with Crippen molar-refractivity contribution in [3.63, 3.8) is 0 Å². The van der Waals surface area contributed by atoms with Gasteiger partial charge in [0, 0.05) is 11.4 Å². The van der Waals surface area contributed by atoms with Crippen LogP contribution in [0.1, 0.15) is 34.2 Å². The van der Waals surface area contributed by atoms with E-state index in [4.69, 9.17) is 0 Å². The molecule has 2 aromatic rings. The molecule has 106 valence electrons. The number of hydrogen-bond acceptors (Lipinski definition) is 3. The molecule has 1 aromatic heterocycles. The largest absolute Gasteiger partial charge is 0.464 e. The third kappa shape index (κ3) is 3.02. The van der Waals surface area contributed by atoms with Gasteiger partial charge in [-0.3, -0.25) is 0 Å². The first-order valence-corrected chi connectivity index (χ1v) is 6.74. The lowest BCUT2D eigenvalue weighted by atomic mass is 10.1. The van der Waals surface area contributed by atoms with Gasteiger partial charge in [-0.25, -0.2) is 4.79 Å². The number of benzene rings is 1. The minimum atomic E-state index is -0.346. The molecule has 4 nitrogen and oxygen atoms in total. The average Bonchev–Trinajstić information content (AvgIpc) is 2.93. The number of carbonyl (C=O) groups excluding carboxylic acids is 1. The third-order valence-electron chi connectivity index (χ3n) is 3.35. The number of aromatic nitrogens is 1. The summed E-state index contributed by atoms with van der Waals surface area (Å²) in [6.45, 7) is 4.88. The number of esters is 1. The van der Waals surface area contributed by atoms with Gasteiger partial charge < -0.3 is 15.0 Å². The lowest BCUT2D eigenvalue weighted by Crippen LogP contribution is -2.06. The fourth-order valence-corrected chi connectivity index (χ4v) is 2.23. The van der Waals surface area contributed by atoms with Crippen LogP contribution in [-0.4, -0.2) is 18.1 Å².